The van der Waals surface area contributed by atoms with Crippen molar-refractivity contribution in [3.63, 3.8) is 0 Å². The Morgan fingerprint density at radius 2 is 1.92 bits per heavy atom. The summed E-state index contributed by atoms with van der Waals surface area (Å²) in [6.45, 7) is 1.83. The molecule has 8 heteroatoms. The predicted octanol–water partition coefficient (Wildman–Crippen LogP) is 2.40. The molecule has 1 heterocycles. The minimum Gasteiger partial charge on any atom is -0.424 e. The number of nitrogens with one attached hydrogen (secondary N) is 2. The molecule has 25 heavy (non-hydrogen) atoms. The normalized spacial score (nSPS) is 14.5. The number of benzene rings is 1. The molecule has 1 aliphatic carbocycles. The predicted molar refractivity (Wildman–Crippen MR) is 89.4 cm³/mol. The van der Waals surface area contributed by atoms with Gasteiger partial charge in [0.1, 0.15) is 11.4 Å². The molecular formula is C17H18N4O4. The Hall–Kier alpha value is -3.00. The lowest BCUT2D eigenvalue weighted by molar-refractivity contribution is -0.132. The van der Waals surface area contributed by atoms with E-state index in [4.69, 9.17) is 9.47 Å². The lowest BCUT2D eigenvalue weighted by atomic mass is 10.2. The fourth-order valence-electron chi connectivity index (χ4n) is 2.29. The smallest absolute Gasteiger partial charge is 0.325 e. The molecule has 0 radical (unpaired) electrons. The highest BCUT2D eigenvalue weighted by Gasteiger charge is 2.51. The van der Waals surface area contributed by atoms with Crippen LogP contribution in [0.1, 0.15) is 18.4 Å². The highest BCUT2D eigenvalue weighted by molar-refractivity contribution is 6.05. The van der Waals surface area contributed by atoms with Crippen LogP contribution in [0.2, 0.25) is 0 Å². The van der Waals surface area contributed by atoms with Crippen LogP contribution < -0.4 is 15.4 Å². The van der Waals surface area contributed by atoms with Gasteiger partial charge in [0.2, 0.25) is 0 Å². The van der Waals surface area contributed by atoms with Crippen LogP contribution in [-0.2, 0) is 9.53 Å². The number of ether oxygens (including phenoxy) is 2. The average Bonchev–Trinajstić information content (AvgIpc) is 3.39. The van der Waals surface area contributed by atoms with Crippen LogP contribution >= 0.6 is 0 Å². The third-order valence-electron chi connectivity index (χ3n) is 3.91. The minimum absolute atomic E-state index is 0.240. The largest absolute Gasteiger partial charge is 0.424 e. The van der Waals surface area contributed by atoms with Crippen molar-refractivity contribution in [1.29, 1.82) is 0 Å². The first kappa shape index (κ1) is 16.8. The van der Waals surface area contributed by atoms with Crippen LogP contribution in [0, 0.1) is 6.92 Å². The van der Waals surface area contributed by atoms with Gasteiger partial charge >= 0.3 is 12.0 Å². The summed E-state index contributed by atoms with van der Waals surface area (Å²) in [7, 11) is 1.46. The molecule has 0 unspecified atom stereocenters. The second-order valence-electron chi connectivity index (χ2n) is 5.72. The van der Waals surface area contributed by atoms with Crippen LogP contribution in [0.15, 0.2) is 36.7 Å². The summed E-state index contributed by atoms with van der Waals surface area (Å²) in [6.07, 6.45) is 4.41. The van der Waals surface area contributed by atoms with Gasteiger partial charge in [0, 0.05) is 25.2 Å². The van der Waals surface area contributed by atoms with Gasteiger partial charge in [-0.1, -0.05) is 0 Å². The van der Waals surface area contributed by atoms with E-state index in [1.54, 1.807) is 36.7 Å². The molecule has 3 rings (SSSR count). The molecule has 2 N–H and O–H groups in total. The lowest BCUT2D eigenvalue weighted by Gasteiger charge is -2.14. The van der Waals surface area contributed by atoms with Crippen LogP contribution in [0.5, 0.6) is 11.8 Å². The third kappa shape index (κ3) is 3.92. The maximum atomic E-state index is 12.0. The topological polar surface area (TPSA) is 102 Å². The fraction of sp³-hybridized carbons (Fsp3) is 0.294. The lowest BCUT2D eigenvalue weighted by Crippen LogP contribution is -2.43. The summed E-state index contributed by atoms with van der Waals surface area (Å²) in [4.78, 5) is 31.9. The van der Waals surface area contributed by atoms with Gasteiger partial charge < -0.3 is 14.8 Å². The zero-order valence-electron chi connectivity index (χ0n) is 13.9. The van der Waals surface area contributed by atoms with E-state index in [0.29, 0.717) is 24.3 Å². The monoisotopic (exact) mass is 342 g/mol. The number of carbonyl (C=O) groups excluding carboxylic acids is 2. The van der Waals surface area contributed by atoms with E-state index in [1.165, 1.54) is 7.11 Å². The average molecular weight is 342 g/mol. The molecule has 0 spiro atoms. The molecule has 0 atom stereocenters. The van der Waals surface area contributed by atoms with Crippen molar-refractivity contribution in [2.24, 2.45) is 0 Å². The molecular weight excluding hydrogens is 324 g/mol. The van der Waals surface area contributed by atoms with Crippen molar-refractivity contribution >= 4 is 17.6 Å². The van der Waals surface area contributed by atoms with Gasteiger partial charge in [0.25, 0.3) is 5.91 Å². The molecule has 1 saturated carbocycles. The Labute approximate surface area is 144 Å². The van der Waals surface area contributed by atoms with Crippen molar-refractivity contribution < 1.29 is 19.1 Å². The number of nitrogens with zero attached hydrogens (tertiary/aromatic N) is 2. The summed E-state index contributed by atoms with van der Waals surface area (Å²) in [5, 5.41) is 4.91. The van der Waals surface area contributed by atoms with E-state index in [2.05, 4.69) is 20.6 Å². The van der Waals surface area contributed by atoms with Gasteiger partial charge in [-0.25, -0.2) is 14.8 Å². The second kappa shape index (κ2) is 6.86. The van der Waals surface area contributed by atoms with Crippen molar-refractivity contribution in [3.05, 3.63) is 42.2 Å². The number of hydrogen-bond acceptors (Lipinski definition) is 6. The Kier molecular flexibility index (Phi) is 4.62. The molecule has 130 valence electrons. The van der Waals surface area contributed by atoms with Gasteiger partial charge in [0.15, 0.2) is 0 Å². The first-order valence-electron chi connectivity index (χ1n) is 7.75. The standard InChI is InChI=1S/C17H18N4O4/c1-11-10-12(4-5-13(11)25-16-18-8-3-9-19-16)20-15(23)21-14(22)17(24-2)6-7-17/h3-5,8-10H,6-7H2,1-2H3,(H2,20,21,22,23). The van der Waals surface area contributed by atoms with E-state index < -0.39 is 17.5 Å². The van der Waals surface area contributed by atoms with Crippen LogP contribution in [0.4, 0.5) is 10.5 Å². The molecule has 0 saturated heterocycles. The Bertz CT molecular complexity index is 790. The first-order valence-corrected chi connectivity index (χ1v) is 7.75. The quantitative estimate of drug-likeness (QED) is 0.865. The summed E-state index contributed by atoms with van der Waals surface area (Å²) in [6, 6.07) is 6.42. The molecule has 2 aromatic rings. The zero-order chi connectivity index (χ0) is 17.9. The van der Waals surface area contributed by atoms with E-state index in [0.717, 1.165) is 5.56 Å². The molecule has 8 nitrogen and oxygen atoms in total. The van der Waals surface area contributed by atoms with Gasteiger partial charge in [-0.15, -0.1) is 0 Å². The number of imide groups is 1. The third-order valence-corrected chi connectivity index (χ3v) is 3.91. The maximum absolute atomic E-state index is 12.0. The van der Waals surface area contributed by atoms with Crippen LogP contribution in [0.25, 0.3) is 0 Å². The molecule has 1 aromatic carbocycles. The number of anilines is 1. The summed E-state index contributed by atoms with van der Waals surface area (Å²) in [5.41, 5.74) is 0.471. The number of carbonyl (C=O) groups is 2. The van der Waals surface area contributed by atoms with Crippen LogP contribution in [-0.4, -0.2) is 34.6 Å². The molecule has 1 aromatic heterocycles. The Morgan fingerprint density at radius 1 is 1.20 bits per heavy atom. The second-order valence-corrected chi connectivity index (χ2v) is 5.72. The molecule has 1 fully saturated rings. The number of hydrogen-bond donors (Lipinski definition) is 2. The van der Waals surface area contributed by atoms with E-state index in [-0.39, 0.29) is 6.01 Å². The van der Waals surface area contributed by atoms with E-state index in [1.807, 2.05) is 6.92 Å². The maximum Gasteiger partial charge on any atom is 0.325 e. The van der Waals surface area contributed by atoms with Crippen molar-refractivity contribution in [2.45, 2.75) is 25.4 Å². The summed E-state index contributed by atoms with van der Waals surface area (Å²) in [5.74, 6) is 0.148. The van der Waals surface area contributed by atoms with Crippen molar-refractivity contribution in [1.82, 2.24) is 15.3 Å². The highest BCUT2D eigenvalue weighted by Crippen LogP contribution is 2.38. The van der Waals surface area contributed by atoms with Gasteiger partial charge in [-0.3, -0.25) is 10.1 Å². The SMILES string of the molecule is COC1(C(=O)NC(=O)Nc2ccc(Oc3ncccn3)c(C)c2)CC1. The fourth-order valence-corrected chi connectivity index (χ4v) is 2.29. The van der Waals surface area contributed by atoms with Crippen LogP contribution in [0.3, 0.4) is 0 Å². The van der Waals surface area contributed by atoms with Gasteiger partial charge in [-0.2, -0.15) is 0 Å². The van der Waals surface area contributed by atoms with E-state index in [9.17, 15) is 9.59 Å². The summed E-state index contributed by atoms with van der Waals surface area (Å²) < 4.78 is 10.7. The highest BCUT2D eigenvalue weighted by atomic mass is 16.5. The Morgan fingerprint density at radius 3 is 2.52 bits per heavy atom. The minimum atomic E-state index is -0.847. The zero-order valence-corrected chi connectivity index (χ0v) is 13.9. The number of amides is 3. The van der Waals surface area contributed by atoms with Gasteiger partial charge in [-0.05, 0) is 49.6 Å². The number of aryl methyl sites for hydroxylation is 1. The molecule has 0 aliphatic heterocycles. The molecule has 0 bridgehead atoms. The number of rotatable bonds is 5. The van der Waals surface area contributed by atoms with Crippen molar-refractivity contribution in [3.8, 4) is 11.8 Å². The molecule has 3 amide bonds. The first-order chi connectivity index (χ1) is 12.0. The Balaban J connectivity index is 1.61. The number of urea groups is 1. The number of aromatic nitrogens is 2. The number of methoxy groups -OCH3 is 1. The molecule has 1 aliphatic rings. The van der Waals surface area contributed by atoms with Gasteiger partial charge in [0.05, 0.1) is 0 Å². The summed E-state index contributed by atoms with van der Waals surface area (Å²) >= 11 is 0. The van der Waals surface area contributed by atoms with Crippen molar-refractivity contribution in [2.75, 3.05) is 12.4 Å². The van der Waals surface area contributed by atoms with E-state index >= 15 is 0 Å².